The highest BCUT2D eigenvalue weighted by atomic mass is 16.5. The van der Waals surface area contributed by atoms with Crippen LogP contribution in [0.2, 0.25) is 0 Å². The molecule has 1 rings (SSSR count). The van der Waals surface area contributed by atoms with Crippen molar-refractivity contribution in [3.63, 3.8) is 0 Å². The minimum Gasteiger partial charge on any atom is -0.479 e. The molecule has 0 amide bonds. The van der Waals surface area contributed by atoms with Gasteiger partial charge in [0.15, 0.2) is 5.88 Å². The van der Waals surface area contributed by atoms with Crippen molar-refractivity contribution in [1.82, 2.24) is 4.57 Å². The Bertz CT molecular complexity index is 331. The molecular weight excluding hydrogens is 186 g/mol. The lowest BCUT2D eigenvalue weighted by Crippen LogP contribution is -2.22. The van der Waals surface area contributed by atoms with Gasteiger partial charge in [-0.1, -0.05) is 6.92 Å². The van der Waals surface area contributed by atoms with Gasteiger partial charge in [-0.3, -0.25) is 0 Å². The maximum Gasteiger partial charge on any atom is 0.197 e. The van der Waals surface area contributed by atoms with Crippen LogP contribution in [0.1, 0.15) is 45.7 Å². The van der Waals surface area contributed by atoms with Crippen molar-refractivity contribution in [1.29, 1.82) is 0 Å². The van der Waals surface area contributed by atoms with E-state index in [1.165, 1.54) is 11.1 Å². The lowest BCUT2D eigenvalue weighted by Gasteiger charge is -2.24. The smallest absolute Gasteiger partial charge is 0.197 e. The number of hydrogen-bond acceptors (Lipinski definition) is 1. The van der Waals surface area contributed by atoms with Crippen molar-refractivity contribution in [3.8, 4) is 5.88 Å². The zero-order chi connectivity index (χ0) is 11.6. The van der Waals surface area contributed by atoms with Gasteiger partial charge in [-0.05, 0) is 46.6 Å². The molecule has 0 aliphatic carbocycles. The Morgan fingerprint density at radius 2 is 1.87 bits per heavy atom. The Labute approximate surface area is 93.2 Å². The zero-order valence-electron chi connectivity index (χ0n) is 10.8. The number of aryl methyl sites for hydroxylation is 1. The summed E-state index contributed by atoms with van der Waals surface area (Å²) in [5, 5.41) is 0. The summed E-state index contributed by atoms with van der Waals surface area (Å²) < 4.78 is 7.98. The van der Waals surface area contributed by atoms with Crippen LogP contribution >= 0.6 is 0 Å². The van der Waals surface area contributed by atoms with Crippen molar-refractivity contribution < 1.29 is 4.74 Å². The van der Waals surface area contributed by atoms with Gasteiger partial charge >= 0.3 is 0 Å². The van der Waals surface area contributed by atoms with E-state index in [-0.39, 0.29) is 5.54 Å². The van der Waals surface area contributed by atoms with E-state index < -0.39 is 0 Å². The normalized spacial score (nSPS) is 11.9. The third-order valence-electron chi connectivity index (χ3n) is 2.69. The maximum atomic E-state index is 5.74. The molecule has 0 N–H and O–H groups in total. The molecule has 15 heavy (non-hydrogen) atoms. The number of nitrogens with zero attached hydrogens (tertiary/aromatic N) is 1. The molecule has 1 aromatic rings. The van der Waals surface area contributed by atoms with Crippen LogP contribution in [-0.2, 0) is 12.0 Å². The molecule has 0 aliphatic rings. The van der Waals surface area contributed by atoms with Crippen molar-refractivity contribution >= 4 is 0 Å². The second-order valence-electron chi connectivity index (χ2n) is 4.91. The predicted octanol–water partition coefficient (Wildman–Crippen LogP) is 3.51. The standard InChI is InChI=1S/C13H23NO/c1-7-11-9-14(13(4,5)6)12(10(11)3)15-8-2/h9H,7-8H2,1-6H3. The summed E-state index contributed by atoms with van der Waals surface area (Å²) in [5.74, 6) is 1.03. The first-order valence-corrected chi connectivity index (χ1v) is 5.75. The summed E-state index contributed by atoms with van der Waals surface area (Å²) in [7, 11) is 0. The van der Waals surface area contributed by atoms with E-state index in [0.29, 0.717) is 0 Å². The van der Waals surface area contributed by atoms with Gasteiger partial charge in [0.05, 0.1) is 6.61 Å². The van der Waals surface area contributed by atoms with Crippen LogP contribution in [0.25, 0.3) is 0 Å². The van der Waals surface area contributed by atoms with Crippen LogP contribution in [-0.4, -0.2) is 11.2 Å². The minimum absolute atomic E-state index is 0.0860. The molecule has 0 fully saturated rings. The minimum atomic E-state index is 0.0860. The average molecular weight is 209 g/mol. The molecular formula is C13H23NO. The molecule has 1 aromatic heterocycles. The van der Waals surface area contributed by atoms with Gasteiger partial charge in [-0.15, -0.1) is 0 Å². The van der Waals surface area contributed by atoms with Gasteiger partial charge in [0.2, 0.25) is 0 Å². The van der Waals surface area contributed by atoms with Crippen molar-refractivity contribution in [2.24, 2.45) is 0 Å². The average Bonchev–Trinajstić information content (AvgIpc) is 2.44. The van der Waals surface area contributed by atoms with Gasteiger partial charge in [-0.25, -0.2) is 0 Å². The summed E-state index contributed by atoms with van der Waals surface area (Å²) >= 11 is 0. The van der Waals surface area contributed by atoms with Crippen molar-refractivity contribution in [3.05, 3.63) is 17.3 Å². The molecule has 0 radical (unpaired) electrons. The lowest BCUT2D eigenvalue weighted by molar-refractivity contribution is 0.270. The van der Waals surface area contributed by atoms with Crippen LogP contribution in [0.15, 0.2) is 6.20 Å². The summed E-state index contributed by atoms with van der Waals surface area (Å²) in [6.07, 6.45) is 3.29. The highest BCUT2D eigenvalue weighted by molar-refractivity contribution is 5.37. The van der Waals surface area contributed by atoms with E-state index >= 15 is 0 Å². The summed E-state index contributed by atoms with van der Waals surface area (Å²) in [4.78, 5) is 0. The van der Waals surface area contributed by atoms with E-state index in [4.69, 9.17) is 4.74 Å². The number of rotatable bonds is 3. The number of ether oxygens (including phenoxy) is 1. The molecule has 0 saturated carbocycles. The second-order valence-corrected chi connectivity index (χ2v) is 4.91. The molecule has 0 aromatic carbocycles. The Morgan fingerprint density at radius 1 is 1.27 bits per heavy atom. The first kappa shape index (κ1) is 12.2. The monoisotopic (exact) mass is 209 g/mol. The largest absolute Gasteiger partial charge is 0.479 e. The molecule has 0 bridgehead atoms. The van der Waals surface area contributed by atoms with Crippen LogP contribution < -0.4 is 4.74 Å². The third kappa shape index (κ3) is 2.36. The van der Waals surface area contributed by atoms with Crippen LogP contribution in [0.5, 0.6) is 5.88 Å². The van der Waals surface area contributed by atoms with Crippen LogP contribution in [0.3, 0.4) is 0 Å². The molecule has 1 heterocycles. The highest BCUT2D eigenvalue weighted by Crippen LogP contribution is 2.30. The molecule has 0 aliphatic heterocycles. The summed E-state index contributed by atoms with van der Waals surface area (Å²) in [6, 6.07) is 0. The fourth-order valence-electron chi connectivity index (χ4n) is 1.80. The van der Waals surface area contributed by atoms with E-state index in [0.717, 1.165) is 18.9 Å². The van der Waals surface area contributed by atoms with Gasteiger partial charge < -0.3 is 9.30 Å². The van der Waals surface area contributed by atoms with E-state index in [1.807, 2.05) is 6.92 Å². The molecule has 86 valence electrons. The summed E-state index contributed by atoms with van der Waals surface area (Å²) in [6.45, 7) is 13.7. The molecule has 0 unspecified atom stereocenters. The molecule has 0 saturated heterocycles. The topological polar surface area (TPSA) is 14.2 Å². The maximum absolute atomic E-state index is 5.74. The number of aromatic nitrogens is 1. The Kier molecular flexibility index (Phi) is 3.48. The molecule has 2 nitrogen and oxygen atoms in total. The van der Waals surface area contributed by atoms with Crippen LogP contribution in [0.4, 0.5) is 0 Å². The predicted molar refractivity (Wildman–Crippen MR) is 64.7 cm³/mol. The van der Waals surface area contributed by atoms with Gasteiger partial charge in [0, 0.05) is 17.3 Å². The molecule has 0 atom stereocenters. The Balaban J connectivity index is 3.25. The third-order valence-corrected chi connectivity index (χ3v) is 2.69. The van der Waals surface area contributed by atoms with Crippen molar-refractivity contribution in [2.75, 3.05) is 6.61 Å². The van der Waals surface area contributed by atoms with Gasteiger partial charge in [-0.2, -0.15) is 0 Å². The van der Waals surface area contributed by atoms with Gasteiger partial charge in [0.1, 0.15) is 0 Å². The Hall–Kier alpha value is -0.920. The van der Waals surface area contributed by atoms with E-state index in [2.05, 4.69) is 45.4 Å². The first-order valence-electron chi connectivity index (χ1n) is 5.75. The van der Waals surface area contributed by atoms with Crippen LogP contribution in [0, 0.1) is 6.92 Å². The quantitative estimate of drug-likeness (QED) is 0.743. The SMILES string of the molecule is CCOc1c(C)c(CC)cn1C(C)(C)C. The first-order chi connectivity index (χ1) is 6.91. The van der Waals surface area contributed by atoms with Crippen molar-refractivity contribution in [2.45, 2.75) is 53.5 Å². The number of hydrogen-bond donors (Lipinski definition) is 0. The zero-order valence-corrected chi connectivity index (χ0v) is 10.8. The highest BCUT2D eigenvalue weighted by Gasteiger charge is 2.21. The molecule has 2 heteroatoms. The second kappa shape index (κ2) is 4.30. The van der Waals surface area contributed by atoms with Gasteiger partial charge in [0.25, 0.3) is 0 Å². The molecule has 0 spiro atoms. The lowest BCUT2D eigenvalue weighted by atomic mass is 10.1. The fraction of sp³-hybridized carbons (Fsp3) is 0.692. The summed E-state index contributed by atoms with van der Waals surface area (Å²) in [5.41, 5.74) is 2.76. The van der Waals surface area contributed by atoms with E-state index in [9.17, 15) is 0 Å². The fourth-order valence-corrected chi connectivity index (χ4v) is 1.80. The van der Waals surface area contributed by atoms with E-state index in [1.54, 1.807) is 0 Å². The Morgan fingerprint density at radius 3 is 2.27 bits per heavy atom.